The van der Waals surface area contributed by atoms with Crippen LogP contribution in [0.5, 0.6) is 0 Å². The third kappa shape index (κ3) is 4.69. The molecule has 2 rings (SSSR count). The fourth-order valence-electron chi connectivity index (χ4n) is 1.70. The van der Waals surface area contributed by atoms with Crippen LogP contribution in [0.1, 0.15) is 5.56 Å². The van der Waals surface area contributed by atoms with Crippen LogP contribution in [0, 0.1) is 10.1 Å². The Kier molecular flexibility index (Phi) is 5.60. The Bertz CT molecular complexity index is 807. The van der Waals surface area contributed by atoms with E-state index in [0.29, 0.717) is 21.3 Å². The summed E-state index contributed by atoms with van der Waals surface area (Å²) in [6, 6.07) is 8.93. The second-order valence-corrected chi connectivity index (χ2v) is 5.64. The number of amides is 1. The van der Waals surface area contributed by atoms with E-state index in [1.165, 1.54) is 30.4 Å². The number of nitrogens with one attached hydrogen (secondary N) is 1. The predicted octanol–water partition coefficient (Wildman–Crippen LogP) is 5.21. The number of halogens is 3. The standard InChI is InChI=1S/C15H9Cl3N2O3/c16-11-5-3-10(8-13(11)18)19-15(21)6-2-9-1-4-12(17)14(7-9)20(22)23/h1-8H,(H,19,21). The summed E-state index contributed by atoms with van der Waals surface area (Å²) in [7, 11) is 0. The minimum Gasteiger partial charge on any atom is -0.322 e. The SMILES string of the molecule is O=C(C=Cc1ccc(Cl)c([N+](=O)[O-])c1)Nc1ccc(Cl)c(Cl)c1. The highest BCUT2D eigenvalue weighted by Gasteiger charge is 2.11. The highest BCUT2D eigenvalue weighted by molar-refractivity contribution is 6.42. The van der Waals surface area contributed by atoms with Crippen LogP contribution in [0.3, 0.4) is 0 Å². The fraction of sp³-hybridized carbons (Fsp3) is 0. The number of nitro benzene ring substituents is 1. The molecule has 2 aromatic rings. The molecule has 0 spiro atoms. The Morgan fingerprint density at radius 3 is 2.39 bits per heavy atom. The number of nitrogens with zero attached hydrogens (tertiary/aromatic N) is 1. The van der Waals surface area contributed by atoms with E-state index in [1.807, 2.05) is 0 Å². The lowest BCUT2D eigenvalue weighted by Gasteiger charge is -2.03. The third-order valence-corrected chi connectivity index (χ3v) is 3.84. The fourth-order valence-corrected chi connectivity index (χ4v) is 2.19. The van der Waals surface area contributed by atoms with Gasteiger partial charge in [0.05, 0.1) is 15.0 Å². The summed E-state index contributed by atoms with van der Waals surface area (Å²) in [6.07, 6.45) is 2.69. The summed E-state index contributed by atoms with van der Waals surface area (Å²) in [6.45, 7) is 0. The summed E-state index contributed by atoms with van der Waals surface area (Å²) in [5.41, 5.74) is 0.736. The van der Waals surface area contributed by atoms with Crippen molar-refractivity contribution in [2.24, 2.45) is 0 Å². The van der Waals surface area contributed by atoms with Crippen molar-refractivity contribution in [1.29, 1.82) is 0 Å². The van der Waals surface area contributed by atoms with Crippen molar-refractivity contribution < 1.29 is 9.72 Å². The first-order chi connectivity index (χ1) is 10.9. The Morgan fingerprint density at radius 2 is 1.74 bits per heavy atom. The molecule has 0 saturated heterocycles. The molecule has 118 valence electrons. The van der Waals surface area contributed by atoms with Crippen LogP contribution < -0.4 is 5.32 Å². The zero-order valence-electron chi connectivity index (χ0n) is 11.4. The van der Waals surface area contributed by atoms with Crippen molar-refractivity contribution in [3.63, 3.8) is 0 Å². The number of rotatable bonds is 4. The van der Waals surface area contributed by atoms with E-state index in [0.717, 1.165) is 0 Å². The number of carbonyl (C=O) groups is 1. The molecule has 0 atom stereocenters. The molecule has 0 heterocycles. The van der Waals surface area contributed by atoms with Crippen molar-refractivity contribution in [3.8, 4) is 0 Å². The highest BCUT2D eigenvalue weighted by atomic mass is 35.5. The van der Waals surface area contributed by atoms with Gasteiger partial charge in [-0.2, -0.15) is 0 Å². The van der Waals surface area contributed by atoms with Crippen LogP contribution in [0.15, 0.2) is 42.5 Å². The molecule has 0 aliphatic carbocycles. The molecule has 0 fully saturated rings. The van der Waals surface area contributed by atoms with Gasteiger partial charge in [0.25, 0.3) is 5.69 Å². The summed E-state index contributed by atoms with van der Waals surface area (Å²) >= 11 is 17.4. The van der Waals surface area contributed by atoms with E-state index in [4.69, 9.17) is 34.8 Å². The highest BCUT2D eigenvalue weighted by Crippen LogP contribution is 2.26. The maximum Gasteiger partial charge on any atom is 0.288 e. The quantitative estimate of drug-likeness (QED) is 0.456. The Morgan fingerprint density at radius 1 is 1.04 bits per heavy atom. The van der Waals surface area contributed by atoms with E-state index in [-0.39, 0.29) is 10.7 Å². The molecule has 2 aromatic carbocycles. The lowest BCUT2D eigenvalue weighted by Crippen LogP contribution is -2.07. The number of nitro groups is 1. The van der Waals surface area contributed by atoms with Crippen LogP contribution >= 0.6 is 34.8 Å². The summed E-state index contributed by atoms with van der Waals surface area (Å²) < 4.78 is 0. The first-order valence-corrected chi connectivity index (χ1v) is 7.38. The van der Waals surface area contributed by atoms with Gasteiger partial charge in [-0.1, -0.05) is 40.9 Å². The third-order valence-electron chi connectivity index (χ3n) is 2.78. The van der Waals surface area contributed by atoms with Gasteiger partial charge < -0.3 is 5.32 Å². The van der Waals surface area contributed by atoms with Gasteiger partial charge in [-0.15, -0.1) is 0 Å². The molecule has 0 aliphatic heterocycles. The van der Waals surface area contributed by atoms with Gasteiger partial charge >= 0.3 is 0 Å². The molecule has 0 aliphatic rings. The second kappa shape index (κ2) is 7.46. The second-order valence-electron chi connectivity index (χ2n) is 4.42. The van der Waals surface area contributed by atoms with E-state index in [2.05, 4.69) is 5.32 Å². The van der Waals surface area contributed by atoms with Crippen molar-refractivity contribution >= 4 is 58.2 Å². The molecular weight excluding hydrogens is 363 g/mol. The number of benzene rings is 2. The number of hydrogen-bond donors (Lipinski definition) is 1. The molecule has 0 radical (unpaired) electrons. The molecule has 5 nitrogen and oxygen atoms in total. The summed E-state index contributed by atoms with van der Waals surface area (Å²) in [5, 5.41) is 14.1. The predicted molar refractivity (Wildman–Crippen MR) is 92.2 cm³/mol. The maximum atomic E-state index is 11.8. The Labute approximate surface area is 146 Å². The van der Waals surface area contributed by atoms with E-state index in [9.17, 15) is 14.9 Å². The smallest absolute Gasteiger partial charge is 0.288 e. The molecule has 1 N–H and O–H groups in total. The van der Waals surface area contributed by atoms with E-state index < -0.39 is 10.8 Å². The van der Waals surface area contributed by atoms with Gasteiger partial charge in [-0.3, -0.25) is 14.9 Å². The van der Waals surface area contributed by atoms with Crippen molar-refractivity contribution in [2.75, 3.05) is 5.32 Å². The van der Waals surface area contributed by atoms with E-state index in [1.54, 1.807) is 18.2 Å². The van der Waals surface area contributed by atoms with Crippen molar-refractivity contribution in [3.05, 3.63) is 73.2 Å². The minimum atomic E-state index is -0.588. The van der Waals surface area contributed by atoms with Crippen LogP contribution in [-0.4, -0.2) is 10.8 Å². The van der Waals surface area contributed by atoms with Crippen molar-refractivity contribution in [2.45, 2.75) is 0 Å². The van der Waals surface area contributed by atoms with Gasteiger partial charge in [0.15, 0.2) is 0 Å². The van der Waals surface area contributed by atoms with Gasteiger partial charge in [0, 0.05) is 17.8 Å². The summed E-state index contributed by atoms with van der Waals surface area (Å²) in [5.74, 6) is -0.416. The molecule has 1 amide bonds. The Balaban J connectivity index is 2.10. The topological polar surface area (TPSA) is 72.2 Å². The minimum absolute atomic E-state index is 0.0346. The molecule has 0 bridgehead atoms. The molecule has 8 heteroatoms. The first-order valence-electron chi connectivity index (χ1n) is 6.25. The average Bonchev–Trinajstić information content (AvgIpc) is 2.50. The van der Waals surface area contributed by atoms with Crippen LogP contribution in [0.4, 0.5) is 11.4 Å². The zero-order chi connectivity index (χ0) is 17.0. The van der Waals surface area contributed by atoms with Crippen LogP contribution in [0.2, 0.25) is 15.1 Å². The molecule has 0 saturated carbocycles. The van der Waals surface area contributed by atoms with Gasteiger partial charge in [-0.05, 0) is 35.9 Å². The van der Waals surface area contributed by atoms with Gasteiger partial charge in [-0.25, -0.2) is 0 Å². The van der Waals surface area contributed by atoms with Crippen LogP contribution in [-0.2, 0) is 4.79 Å². The monoisotopic (exact) mass is 370 g/mol. The largest absolute Gasteiger partial charge is 0.322 e. The molecular formula is C15H9Cl3N2O3. The normalized spacial score (nSPS) is 10.7. The Hall–Kier alpha value is -2.08. The van der Waals surface area contributed by atoms with Gasteiger partial charge in [0.2, 0.25) is 5.91 Å². The zero-order valence-corrected chi connectivity index (χ0v) is 13.7. The number of carbonyl (C=O) groups excluding carboxylic acids is 1. The molecule has 0 unspecified atom stereocenters. The van der Waals surface area contributed by atoms with Crippen molar-refractivity contribution in [1.82, 2.24) is 0 Å². The average molecular weight is 372 g/mol. The molecule has 0 aromatic heterocycles. The summed E-state index contributed by atoms with van der Waals surface area (Å²) in [4.78, 5) is 22.1. The maximum absolute atomic E-state index is 11.8. The van der Waals surface area contributed by atoms with Gasteiger partial charge in [0.1, 0.15) is 5.02 Å². The first kappa shape index (κ1) is 17.3. The molecule has 23 heavy (non-hydrogen) atoms. The number of hydrogen-bond acceptors (Lipinski definition) is 3. The lowest BCUT2D eigenvalue weighted by molar-refractivity contribution is -0.384. The van der Waals surface area contributed by atoms with E-state index >= 15 is 0 Å². The van der Waals surface area contributed by atoms with Crippen LogP contribution in [0.25, 0.3) is 6.08 Å². The lowest BCUT2D eigenvalue weighted by atomic mass is 10.2. The number of anilines is 1.